The van der Waals surface area contributed by atoms with E-state index in [-0.39, 0.29) is 17.3 Å². The molecule has 0 aliphatic carbocycles. The summed E-state index contributed by atoms with van der Waals surface area (Å²) in [6, 6.07) is 9.29. The van der Waals surface area contributed by atoms with Gasteiger partial charge in [0, 0.05) is 26.3 Å². The number of carbonyl (C=O) groups is 1. The van der Waals surface area contributed by atoms with Gasteiger partial charge in [0.1, 0.15) is 0 Å². The Labute approximate surface area is 116 Å². The van der Waals surface area contributed by atoms with Gasteiger partial charge in [-0.1, -0.05) is 24.3 Å². The standard InChI is InChI=1S/C15H14FN3O/c1-17-14-13(16)12(6-7-18-14)15(20)19-8-10-4-2-3-5-11(10)9-19/h2-7H,8-9H2,1H3,(H,17,18). The maximum atomic E-state index is 14.1. The summed E-state index contributed by atoms with van der Waals surface area (Å²) in [6.45, 7) is 1.04. The fraction of sp³-hybridized carbons (Fsp3) is 0.200. The monoisotopic (exact) mass is 271 g/mol. The summed E-state index contributed by atoms with van der Waals surface area (Å²) in [5.41, 5.74) is 2.28. The van der Waals surface area contributed by atoms with Crippen molar-refractivity contribution in [3.05, 3.63) is 59.0 Å². The van der Waals surface area contributed by atoms with Crippen molar-refractivity contribution in [3.63, 3.8) is 0 Å². The van der Waals surface area contributed by atoms with Gasteiger partial charge in [0.25, 0.3) is 5.91 Å². The lowest BCUT2D eigenvalue weighted by molar-refractivity contribution is 0.0746. The Morgan fingerprint density at radius 3 is 2.50 bits per heavy atom. The molecule has 0 atom stereocenters. The number of nitrogens with one attached hydrogen (secondary N) is 1. The van der Waals surface area contributed by atoms with E-state index in [1.807, 2.05) is 24.3 Å². The maximum absolute atomic E-state index is 14.1. The number of aromatic nitrogens is 1. The second-order valence-electron chi connectivity index (χ2n) is 4.70. The average molecular weight is 271 g/mol. The Kier molecular flexibility index (Phi) is 3.10. The number of carbonyl (C=O) groups excluding carboxylic acids is 1. The van der Waals surface area contributed by atoms with Crippen molar-refractivity contribution in [2.24, 2.45) is 0 Å². The van der Waals surface area contributed by atoms with Crippen LogP contribution in [-0.4, -0.2) is 22.8 Å². The smallest absolute Gasteiger partial charge is 0.257 e. The van der Waals surface area contributed by atoms with E-state index in [4.69, 9.17) is 0 Å². The van der Waals surface area contributed by atoms with Gasteiger partial charge in [0.05, 0.1) is 5.56 Å². The largest absolute Gasteiger partial charge is 0.371 e. The Hall–Kier alpha value is -2.43. The molecule has 3 rings (SSSR count). The average Bonchev–Trinajstić information content (AvgIpc) is 2.90. The van der Waals surface area contributed by atoms with Crippen LogP contribution in [-0.2, 0) is 13.1 Å². The zero-order valence-corrected chi connectivity index (χ0v) is 11.1. The first-order valence-corrected chi connectivity index (χ1v) is 6.39. The van der Waals surface area contributed by atoms with E-state index < -0.39 is 5.82 Å². The first-order chi connectivity index (χ1) is 9.70. The molecule has 5 heteroatoms. The minimum atomic E-state index is -0.601. The van der Waals surface area contributed by atoms with E-state index in [1.54, 1.807) is 11.9 Å². The van der Waals surface area contributed by atoms with E-state index in [0.29, 0.717) is 13.1 Å². The van der Waals surface area contributed by atoms with E-state index >= 15 is 0 Å². The van der Waals surface area contributed by atoms with E-state index in [1.165, 1.54) is 12.3 Å². The van der Waals surface area contributed by atoms with Crippen molar-refractivity contribution in [1.82, 2.24) is 9.88 Å². The fourth-order valence-corrected chi connectivity index (χ4v) is 2.43. The highest BCUT2D eigenvalue weighted by atomic mass is 19.1. The summed E-state index contributed by atoms with van der Waals surface area (Å²) in [4.78, 5) is 17.9. The molecule has 1 amide bonds. The topological polar surface area (TPSA) is 45.2 Å². The van der Waals surface area contributed by atoms with E-state index in [0.717, 1.165) is 11.1 Å². The number of anilines is 1. The van der Waals surface area contributed by atoms with Gasteiger partial charge in [0.15, 0.2) is 11.6 Å². The molecule has 1 aromatic carbocycles. The number of nitrogens with zero attached hydrogens (tertiary/aromatic N) is 2. The summed E-state index contributed by atoms with van der Waals surface area (Å²) in [7, 11) is 1.57. The van der Waals surface area contributed by atoms with E-state index in [9.17, 15) is 9.18 Å². The van der Waals surface area contributed by atoms with Crippen molar-refractivity contribution < 1.29 is 9.18 Å². The number of benzene rings is 1. The Morgan fingerprint density at radius 2 is 1.90 bits per heavy atom. The molecule has 1 N–H and O–H groups in total. The molecule has 1 aromatic heterocycles. The van der Waals surface area contributed by atoms with Gasteiger partial charge >= 0.3 is 0 Å². The number of hydrogen-bond donors (Lipinski definition) is 1. The number of fused-ring (bicyclic) bond motifs is 1. The summed E-state index contributed by atoms with van der Waals surface area (Å²) in [6.07, 6.45) is 1.44. The molecule has 0 unspecified atom stereocenters. The molecule has 0 spiro atoms. The number of amides is 1. The van der Waals surface area contributed by atoms with Gasteiger partial charge in [-0.15, -0.1) is 0 Å². The minimum absolute atomic E-state index is 0.0529. The van der Waals surface area contributed by atoms with Crippen LogP contribution in [0.2, 0.25) is 0 Å². The molecule has 0 saturated carbocycles. The van der Waals surface area contributed by atoms with Gasteiger partial charge in [0.2, 0.25) is 0 Å². The van der Waals surface area contributed by atoms with E-state index in [2.05, 4.69) is 10.3 Å². The number of hydrogen-bond acceptors (Lipinski definition) is 3. The molecule has 1 aliphatic heterocycles. The molecule has 2 aromatic rings. The minimum Gasteiger partial charge on any atom is -0.371 e. The zero-order chi connectivity index (χ0) is 14.1. The molecular formula is C15H14FN3O. The highest BCUT2D eigenvalue weighted by Crippen LogP contribution is 2.25. The fourth-order valence-electron chi connectivity index (χ4n) is 2.43. The van der Waals surface area contributed by atoms with Crippen LogP contribution in [0.4, 0.5) is 10.2 Å². The highest BCUT2D eigenvalue weighted by Gasteiger charge is 2.26. The number of pyridine rings is 1. The second-order valence-corrected chi connectivity index (χ2v) is 4.70. The molecule has 0 radical (unpaired) electrons. The summed E-state index contributed by atoms with van der Waals surface area (Å²) < 4.78 is 14.1. The lowest BCUT2D eigenvalue weighted by atomic mass is 10.1. The van der Waals surface area contributed by atoms with Crippen molar-refractivity contribution in [3.8, 4) is 0 Å². The molecule has 20 heavy (non-hydrogen) atoms. The summed E-state index contributed by atoms with van der Waals surface area (Å²) >= 11 is 0. The molecule has 0 saturated heterocycles. The Balaban J connectivity index is 1.89. The molecule has 4 nitrogen and oxygen atoms in total. The Bertz CT molecular complexity index is 647. The molecule has 1 aliphatic rings. The second kappa shape index (κ2) is 4.92. The molecular weight excluding hydrogens is 257 g/mol. The predicted molar refractivity (Wildman–Crippen MR) is 73.8 cm³/mol. The Morgan fingerprint density at radius 1 is 1.25 bits per heavy atom. The third kappa shape index (κ3) is 2.01. The SMILES string of the molecule is CNc1nccc(C(=O)N2Cc3ccccc3C2)c1F. The van der Waals surface area contributed by atoms with Crippen molar-refractivity contribution >= 4 is 11.7 Å². The highest BCUT2D eigenvalue weighted by molar-refractivity contribution is 5.95. The van der Waals surface area contributed by atoms with Crippen molar-refractivity contribution in [2.45, 2.75) is 13.1 Å². The summed E-state index contributed by atoms with van der Waals surface area (Å²) in [5.74, 6) is -0.818. The molecule has 0 fully saturated rings. The molecule has 2 heterocycles. The van der Waals surface area contributed by atoms with Crippen LogP contribution in [0.1, 0.15) is 21.5 Å². The van der Waals surface area contributed by atoms with Gasteiger partial charge < -0.3 is 10.2 Å². The van der Waals surface area contributed by atoms with Crippen LogP contribution >= 0.6 is 0 Å². The first-order valence-electron chi connectivity index (χ1n) is 6.39. The maximum Gasteiger partial charge on any atom is 0.257 e. The zero-order valence-electron chi connectivity index (χ0n) is 11.1. The van der Waals surface area contributed by atoms with Crippen LogP contribution in [0.5, 0.6) is 0 Å². The number of halogens is 1. The van der Waals surface area contributed by atoms with Crippen LogP contribution in [0.25, 0.3) is 0 Å². The number of rotatable bonds is 2. The third-order valence-corrected chi connectivity index (χ3v) is 3.48. The molecule has 102 valence electrons. The predicted octanol–water partition coefficient (Wildman–Crippen LogP) is 2.42. The normalized spacial score (nSPS) is 13.2. The molecule has 0 bridgehead atoms. The lowest BCUT2D eigenvalue weighted by Crippen LogP contribution is -2.26. The van der Waals surface area contributed by atoms with Gasteiger partial charge in [-0.3, -0.25) is 4.79 Å². The van der Waals surface area contributed by atoms with Gasteiger partial charge in [-0.2, -0.15) is 0 Å². The van der Waals surface area contributed by atoms with Crippen LogP contribution in [0, 0.1) is 5.82 Å². The van der Waals surface area contributed by atoms with Gasteiger partial charge in [-0.25, -0.2) is 9.37 Å². The van der Waals surface area contributed by atoms with Crippen LogP contribution in [0.3, 0.4) is 0 Å². The lowest BCUT2D eigenvalue weighted by Gasteiger charge is -2.16. The van der Waals surface area contributed by atoms with Crippen LogP contribution < -0.4 is 5.32 Å². The van der Waals surface area contributed by atoms with Crippen molar-refractivity contribution in [1.29, 1.82) is 0 Å². The summed E-state index contributed by atoms with van der Waals surface area (Å²) in [5, 5.41) is 2.64. The van der Waals surface area contributed by atoms with Crippen molar-refractivity contribution in [2.75, 3.05) is 12.4 Å². The third-order valence-electron chi connectivity index (χ3n) is 3.48. The van der Waals surface area contributed by atoms with Gasteiger partial charge in [-0.05, 0) is 17.2 Å². The first kappa shape index (κ1) is 12.6. The van der Waals surface area contributed by atoms with Crippen LogP contribution in [0.15, 0.2) is 36.5 Å². The quantitative estimate of drug-likeness (QED) is 0.912.